The molecule has 1 amide bonds. The van der Waals surface area contributed by atoms with Gasteiger partial charge in [0.05, 0.1) is 24.7 Å². The van der Waals surface area contributed by atoms with Crippen molar-refractivity contribution in [3.05, 3.63) is 65.7 Å². The molecule has 156 valence electrons. The number of carbonyl (C=O) groups excluding carboxylic acids is 1. The van der Waals surface area contributed by atoms with Gasteiger partial charge in [0.1, 0.15) is 5.75 Å². The second kappa shape index (κ2) is 7.89. The standard InChI is InChI=1S/C23H22F2N2O3/c1-15-7-9-19(29-2)17(13-15)22(28)27-12-11-23(24,25)20(14-27)30-21-10-8-16-5-3-4-6-18(16)26-21/h3-10,13,20H,11-12,14H2,1-2H3. The van der Waals surface area contributed by atoms with Gasteiger partial charge in [-0.05, 0) is 31.2 Å². The van der Waals surface area contributed by atoms with Crippen molar-refractivity contribution in [2.75, 3.05) is 20.2 Å². The Bertz CT molecular complexity index is 1090. The van der Waals surface area contributed by atoms with Crippen LogP contribution in [0.5, 0.6) is 11.6 Å². The lowest BCUT2D eigenvalue weighted by atomic mass is 10.0. The highest BCUT2D eigenvalue weighted by molar-refractivity contribution is 5.97. The van der Waals surface area contributed by atoms with Crippen molar-refractivity contribution in [1.82, 2.24) is 9.88 Å². The van der Waals surface area contributed by atoms with Crippen LogP contribution in [0.3, 0.4) is 0 Å². The number of ether oxygens (including phenoxy) is 2. The quantitative estimate of drug-likeness (QED) is 0.634. The minimum absolute atomic E-state index is 0.0616. The van der Waals surface area contributed by atoms with E-state index >= 15 is 0 Å². The first-order valence-electron chi connectivity index (χ1n) is 9.71. The highest BCUT2D eigenvalue weighted by Crippen LogP contribution is 2.33. The number of methoxy groups -OCH3 is 1. The fourth-order valence-corrected chi connectivity index (χ4v) is 3.60. The van der Waals surface area contributed by atoms with E-state index in [1.807, 2.05) is 31.2 Å². The third kappa shape index (κ3) is 3.92. The van der Waals surface area contributed by atoms with E-state index in [0.29, 0.717) is 16.8 Å². The number of hydrogen-bond acceptors (Lipinski definition) is 4. The number of aromatic nitrogens is 1. The molecule has 2 heterocycles. The van der Waals surface area contributed by atoms with E-state index in [-0.39, 0.29) is 24.9 Å². The maximum Gasteiger partial charge on any atom is 0.287 e. The second-order valence-corrected chi connectivity index (χ2v) is 7.41. The van der Waals surface area contributed by atoms with Crippen LogP contribution in [0.2, 0.25) is 0 Å². The van der Waals surface area contributed by atoms with Crippen LogP contribution >= 0.6 is 0 Å². The summed E-state index contributed by atoms with van der Waals surface area (Å²) in [5.41, 5.74) is 1.89. The molecule has 1 aromatic heterocycles. The molecule has 0 bridgehead atoms. The number of fused-ring (bicyclic) bond motifs is 1. The average Bonchev–Trinajstić information content (AvgIpc) is 2.74. The molecule has 1 aliphatic rings. The van der Waals surface area contributed by atoms with Gasteiger partial charge in [0.15, 0.2) is 6.10 Å². The molecule has 1 aliphatic heterocycles. The Kier molecular flexibility index (Phi) is 5.28. The zero-order valence-corrected chi connectivity index (χ0v) is 16.8. The number of carbonyl (C=O) groups is 1. The van der Waals surface area contributed by atoms with E-state index in [1.54, 1.807) is 30.3 Å². The Balaban J connectivity index is 1.57. The van der Waals surface area contributed by atoms with Gasteiger partial charge >= 0.3 is 0 Å². The number of piperidine rings is 1. The molecule has 30 heavy (non-hydrogen) atoms. The summed E-state index contributed by atoms with van der Waals surface area (Å²) < 4.78 is 40.1. The van der Waals surface area contributed by atoms with Gasteiger partial charge in [-0.1, -0.05) is 29.8 Å². The number of halogens is 2. The van der Waals surface area contributed by atoms with Crippen molar-refractivity contribution < 1.29 is 23.0 Å². The van der Waals surface area contributed by atoms with Crippen molar-refractivity contribution in [3.8, 4) is 11.6 Å². The van der Waals surface area contributed by atoms with Gasteiger partial charge in [0.25, 0.3) is 11.8 Å². The van der Waals surface area contributed by atoms with Gasteiger partial charge in [-0.3, -0.25) is 4.79 Å². The molecule has 0 N–H and O–H groups in total. The van der Waals surface area contributed by atoms with Gasteiger partial charge in [-0.2, -0.15) is 0 Å². The molecule has 5 nitrogen and oxygen atoms in total. The first kappa shape index (κ1) is 20.1. The topological polar surface area (TPSA) is 51.7 Å². The lowest BCUT2D eigenvalue weighted by Crippen LogP contribution is -2.55. The van der Waals surface area contributed by atoms with E-state index in [1.165, 1.54) is 12.0 Å². The molecule has 0 saturated carbocycles. The fourth-order valence-electron chi connectivity index (χ4n) is 3.60. The number of likely N-dealkylation sites (tertiary alicyclic amines) is 1. The number of alkyl halides is 2. The van der Waals surface area contributed by atoms with Gasteiger partial charge in [-0.25, -0.2) is 13.8 Å². The van der Waals surface area contributed by atoms with E-state index in [2.05, 4.69) is 4.98 Å². The third-order valence-corrected chi connectivity index (χ3v) is 5.28. The number of hydrogen-bond donors (Lipinski definition) is 0. The molecule has 7 heteroatoms. The Hall–Kier alpha value is -3.22. The van der Waals surface area contributed by atoms with Gasteiger partial charge < -0.3 is 14.4 Å². The van der Waals surface area contributed by atoms with Crippen LogP contribution in [-0.2, 0) is 0 Å². The molecule has 1 saturated heterocycles. The van der Waals surface area contributed by atoms with E-state index in [4.69, 9.17) is 9.47 Å². The summed E-state index contributed by atoms with van der Waals surface area (Å²) in [4.78, 5) is 18.8. The van der Waals surface area contributed by atoms with Crippen LogP contribution in [0.15, 0.2) is 54.6 Å². The van der Waals surface area contributed by atoms with Crippen LogP contribution in [0, 0.1) is 6.92 Å². The molecule has 1 atom stereocenters. The van der Waals surface area contributed by atoms with E-state index in [9.17, 15) is 13.6 Å². The van der Waals surface area contributed by atoms with Crippen LogP contribution in [0.1, 0.15) is 22.3 Å². The molecule has 4 rings (SSSR count). The number of rotatable bonds is 4. The summed E-state index contributed by atoms with van der Waals surface area (Å²) in [6.45, 7) is 1.56. The van der Waals surface area contributed by atoms with Crippen LogP contribution < -0.4 is 9.47 Å². The second-order valence-electron chi connectivity index (χ2n) is 7.41. The SMILES string of the molecule is COc1ccc(C)cc1C(=O)N1CCC(F)(F)C(Oc2ccc3ccccc3n2)C1. The third-order valence-electron chi connectivity index (χ3n) is 5.28. The monoisotopic (exact) mass is 412 g/mol. The Morgan fingerprint density at radius 1 is 1.17 bits per heavy atom. The van der Waals surface area contributed by atoms with E-state index < -0.39 is 18.4 Å². The van der Waals surface area contributed by atoms with Crippen molar-refractivity contribution in [2.24, 2.45) is 0 Å². The van der Waals surface area contributed by atoms with Crippen LogP contribution in [0.25, 0.3) is 10.9 Å². The normalized spacial score (nSPS) is 18.3. The van der Waals surface area contributed by atoms with Crippen molar-refractivity contribution in [1.29, 1.82) is 0 Å². The number of amides is 1. The first-order chi connectivity index (χ1) is 14.4. The largest absolute Gasteiger partial charge is 0.496 e. The number of benzene rings is 2. The number of para-hydroxylation sites is 1. The maximum atomic E-state index is 14.6. The van der Waals surface area contributed by atoms with Crippen LogP contribution in [-0.4, -0.2) is 48.0 Å². The molecular weight excluding hydrogens is 390 g/mol. The number of aryl methyl sites for hydroxylation is 1. The molecule has 0 aliphatic carbocycles. The maximum absolute atomic E-state index is 14.6. The first-order valence-corrected chi connectivity index (χ1v) is 9.71. The smallest absolute Gasteiger partial charge is 0.287 e. The lowest BCUT2D eigenvalue weighted by Gasteiger charge is -2.38. The Morgan fingerprint density at radius 3 is 2.77 bits per heavy atom. The van der Waals surface area contributed by atoms with Gasteiger partial charge in [-0.15, -0.1) is 0 Å². The molecule has 0 radical (unpaired) electrons. The summed E-state index contributed by atoms with van der Waals surface area (Å²) in [6.07, 6.45) is -1.97. The predicted molar refractivity (Wildman–Crippen MR) is 109 cm³/mol. The Morgan fingerprint density at radius 2 is 1.97 bits per heavy atom. The fraction of sp³-hybridized carbons (Fsp3) is 0.304. The summed E-state index contributed by atoms with van der Waals surface area (Å²) in [7, 11) is 1.48. The highest BCUT2D eigenvalue weighted by Gasteiger charge is 2.47. The minimum Gasteiger partial charge on any atom is -0.496 e. The molecule has 1 unspecified atom stereocenters. The number of nitrogens with zero attached hydrogens (tertiary/aromatic N) is 2. The molecule has 0 spiro atoms. The molecule has 3 aromatic rings. The molecule has 1 fully saturated rings. The van der Waals surface area contributed by atoms with Crippen LogP contribution in [0.4, 0.5) is 8.78 Å². The Labute approximate surface area is 173 Å². The molecule has 2 aromatic carbocycles. The average molecular weight is 412 g/mol. The summed E-state index contributed by atoms with van der Waals surface area (Å²) >= 11 is 0. The van der Waals surface area contributed by atoms with E-state index in [0.717, 1.165) is 10.9 Å². The zero-order valence-electron chi connectivity index (χ0n) is 16.8. The summed E-state index contributed by atoms with van der Waals surface area (Å²) in [5.74, 6) is -2.90. The van der Waals surface area contributed by atoms with Crippen molar-refractivity contribution >= 4 is 16.8 Å². The minimum atomic E-state index is -3.07. The highest BCUT2D eigenvalue weighted by atomic mass is 19.3. The summed E-state index contributed by atoms with van der Waals surface area (Å²) in [6, 6.07) is 16.0. The summed E-state index contributed by atoms with van der Waals surface area (Å²) in [5, 5.41) is 0.892. The van der Waals surface area contributed by atoms with Gasteiger partial charge in [0.2, 0.25) is 5.88 Å². The molecular formula is C23H22F2N2O3. The predicted octanol–water partition coefficient (Wildman–Crippen LogP) is 4.48. The zero-order chi connectivity index (χ0) is 21.3. The number of pyridine rings is 1. The lowest BCUT2D eigenvalue weighted by molar-refractivity contribution is -0.131. The van der Waals surface area contributed by atoms with Gasteiger partial charge in [0, 0.05) is 24.4 Å². The van der Waals surface area contributed by atoms with Crippen molar-refractivity contribution in [2.45, 2.75) is 25.4 Å². The van der Waals surface area contributed by atoms with Crippen molar-refractivity contribution in [3.63, 3.8) is 0 Å².